The van der Waals surface area contributed by atoms with Gasteiger partial charge in [0.15, 0.2) is 0 Å². The van der Waals surface area contributed by atoms with Gasteiger partial charge in [0, 0.05) is 55.0 Å². The number of fused-ring (bicyclic) bond motifs is 4. The molecule has 6 nitrogen and oxygen atoms in total. The van der Waals surface area contributed by atoms with Gasteiger partial charge in [0.05, 0.1) is 39.8 Å². The molecule has 7 aromatic carbocycles. The second-order valence-corrected chi connectivity index (χ2v) is 26.8. The van der Waals surface area contributed by atoms with Crippen LogP contribution in [0.2, 0.25) is 0 Å². The number of rotatable bonds is 7. The molecule has 1 N–H and O–H groups in total. The average molecular weight is 1230 g/mol. The van der Waals surface area contributed by atoms with Crippen LogP contribution in [0.5, 0.6) is 5.75 Å². The molecule has 80 heavy (non-hydrogen) atoms. The van der Waals surface area contributed by atoms with Gasteiger partial charge in [0.2, 0.25) is 0 Å². The van der Waals surface area contributed by atoms with Crippen molar-refractivity contribution in [3.8, 4) is 78.7 Å². The Hall–Kier alpha value is -7.40. The zero-order valence-corrected chi connectivity index (χ0v) is 51.3. The van der Waals surface area contributed by atoms with E-state index in [0.29, 0.717) is 22.6 Å². The first-order chi connectivity index (χ1) is 37.2. The Morgan fingerprint density at radius 2 is 1.09 bits per heavy atom. The molecule has 11 aromatic rings. The maximum Gasteiger partial charge on any atom is 0.148 e. The minimum absolute atomic E-state index is 0. The van der Waals surface area contributed by atoms with E-state index in [2.05, 4.69) is 254 Å². The predicted molar refractivity (Wildman–Crippen MR) is 331 cm³/mol. The molecule has 0 bridgehead atoms. The molecule has 11 rings (SSSR count). The third kappa shape index (κ3) is 10.5. The number of hydrogen-bond donors (Lipinski definition) is 1. The van der Waals surface area contributed by atoms with Crippen molar-refractivity contribution in [3.05, 3.63) is 198 Å². The Kier molecular flexibility index (Phi) is 14.2. The van der Waals surface area contributed by atoms with Crippen LogP contribution in [-0.2, 0) is 48.1 Å². The van der Waals surface area contributed by atoms with Gasteiger partial charge < -0.3 is 9.52 Å². The van der Waals surface area contributed by atoms with Crippen LogP contribution < -0.4 is 0 Å². The van der Waals surface area contributed by atoms with Crippen LogP contribution in [0.25, 0.3) is 106 Å². The van der Waals surface area contributed by atoms with Gasteiger partial charge in [0.25, 0.3) is 0 Å². The van der Waals surface area contributed by atoms with Crippen molar-refractivity contribution in [2.75, 3.05) is 0 Å². The summed E-state index contributed by atoms with van der Waals surface area (Å²) in [6, 6.07) is 58.0. The van der Waals surface area contributed by atoms with Gasteiger partial charge in [-0.2, -0.15) is 0 Å². The van der Waals surface area contributed by atoms with E-state index in [1.54, 1.807) is 0 Å². The van der Waals surface area contributed by atoms with E-state index in [-0.39, 0.29) is 53.9 Å². The fraction of sp³-hybridized carbons (Fsp3) is 0.274. The van der Waals surface area contributed by atoms with Crippen LogP contribution in [0.15, 0.2) is 168 Å². The molecular formula is C73H73N4O2Pt-. The van der Waals surface area contributed by atoms with E-state index in [9.17, 15) is 5.11 Å². The zero-order chi connectivity index (χ0) is 56.1. The number of phenols is 1. The van der Waals surface area contributed by atoms with E-state index >= 15 is 0 Å². The Labute approximate surface area is 487 Å². The van der Waals surface area contributed by atoms with Crippen molar-refractivity contribution >= 4 is 33.0 Å². The summed E-state index contributed by atoms with van der Waals surface area (Å²) in [6.07, 6.45) is 3.74. The summed E-state index contributed by atoms with van der Waals surface area (Å²) in [6.45, 7) is 33.6. The van der Waals surface area contributed by atoms with Crippen molar-refractivity contribution in [2.45, 2.75) is 131 Å². The molecular weight excluding hydrogens is 1160 g/mol. The topological polar surface area (TPSA) is 77.0 Å². The normalized spacial score (nSPS) is 12.6. The Morgan fingerprint density at radius 3 is 1.71 bits per heavy atom. The summed E-state index contributed by atoms with van der Waals surface area (Å²) in [5, 5.41) is 14.6. The summed E-state index contributed by atoms with van der Waals surface area (Å²) in [7, 11) is 0. The Bertz CT molecular complexity index is 4120. The Balaban J connectivity index is 0.00000720. The van der Waals surface area contributed by atoms with Crippen LogP contribution in [0.1, 0.15) is 132 Å². The minimum atomic E-state index is -0.370. The average Bonchev–Trinajstić information content (AvgIpc) is 4.13. The van der Waals surface area contributed by atoms with E-state index in [4.69, 9.17) is 19.4 Å². The summed E-state index contributed by atoms with van der Waals surface area (Å²) < 4.78 is 9.22. The summed E-state index contributed by atoms with van der Waals surface area (Å²) in [5.74, 6) is 0.870. The Morgan fingerprint density at radius 1 is 0.475 bits per heavy atom. The molecule has 7 heteroatoms. The number of imidazole rings is 1. The summed E-state index contributed by atoms with van der Waals surface area (Å²) in [4.78, 5) is 15.9. The van der Waals surface area contributed by atoms with Crippen LogP contribution in [-0.4, -0.2) is 24.6 Å². The van der Waals surface area contributed by atoms with Crippen LogP contribution in [0, 0.1) is 6.07 Å². The number of hydrogen-bond acceptors (Lipinski definition) is 5. The summed E-state index contributed by atoms with van der Waals surface area (Å²) >= 11 is 0. The van der Waals surface area contributed by atoms with Crippen LogP contribution >= 0.6 is 0 Å². The summed E-state index contributed by atoms with van der Waals surface area (Å²) in [5.41, 5.74) is 18.9. The van der Waals surface area contributed by atoms with Crippen LogP contribution in [0.3, 0.4) is 0 Å². The third-order valence-electron chi connectivity index (χ3n) is 15.7. The third-order valence-corrected chi connectivity index (χ3v) is 15.7. The fourth-order valence-corrected chi connectivity index (χ4v) is 10.8. The predicted octanol–water partition coefficient (Wildman–Crippen LogP) is 19.7. The number of nitrogens with zero attached hydrogens (tertiary/aromatic N) is 4. The van der Waals surface area contributed by atoms with Crippen molar-refractivity contribution in [3.63, 3.8) is 0 Å². The standard InChI is InChI=1S/C73H73N4O2.Pt/c1-69(2,3)49-29-30-62(54(39-49)45-25-20-17-21-26-45)77-63-28-22-27-53(65(63)76-68(77)58-40-52(72(10,11)12)41-59(66(58)78)73(13,14)15)47-35-56-55-42-60(48-33-50(70(4,5)6)38-51(34-48)71(7,8)9)75-43-64(55)79-67(56)57(36-47)61-37-46(31-32-74-61)44-23-18-16-19-24-44;/h16-35,37-43,78H,1-15H3;/q-1;. The molecule has 0 aliphatic rings. The van der Waals surface area contributed by atoms with E-state index < -0.39 is 0 Å². The van der Waals surface area contributed by atoms with Crippen molar-refractivity contribution in [2.24, 2.45) is 0 Å². The van der Waals surface area contributed by atoms with E-state index in [1.807, 2.05) is 24.5 Å². The molecule has 0 aliphatic heterocycles. The van der Waals surface area contributed by atoms with Crippen LogP contribution in [0.4, 0.5) is 0 Å². The number of phenolic OH excluding ortho intramolecular Hbond substituents is 1. The fourth-order valence-electron chi connectivity index (χ4n) is 10.8. The largest absolute Gasteiger partial charge is 0.507 e. The maximum atomic E-state index is 12.8. The molecule has 0 aliphatic carbocycles. The first kappa shape index (κ1) is 55.9. The van der Waals surface area contributed by atoms with Gasteiger partial charge >= 0.3 is 0 Å². The number of aromatic nitrogens is 4. The number of para-hydroxylation sites is 1. The second kappa shape index (κ2) is 20.3. The molecule has 0 saturated carbocycles. The van der Waals surface area contributed by atoms with Gasteiger partial charge in [-0.1, -0.05) is 212 Å². The number of benzene rings is 7. The van der Waals surface area contributed by atoms with Gasteiger partial charge in [-0.15, -0.1) is 17.7 Å². The molecule has 408 valence electrons. The molecule has 0 spiro atoms. The molecule has 0 unspecified atom stereocenters. The number of furan rings is 1. The molecule has 4 aromatic heterocycles. The zero-order valence-electron chi connectivity index (χ0n) is 49.0. The van der Waals surface area contributed by atoms with Gasteiger partial charge in [-0.05, 0) is 120 Å². The SMILES string of the molecule is CC(C)(C)c1cc(-c2cc3c(cn2)oc2c(-c4cc(-c5ccccc5)ccn4)[c-]c(-c4cccc5c4nc(-c4cc(C(C)(C)C)cc(C(C)(C)C)c4O)n5-c4ccc(C(C)(C)C)cc4-c4ccccc4)cc23)cc(C(C)(C)C)c1.[Pt]. The molecule has 0 fully saturated rings. The number of pyridine rings is 2. The van der Waals surface area contributed by atoms with Gasteiger partial charge in [-0.3, -0.25) is 14.5 Å². The van der Waals surface area contributed by atoms with Gasteiger partial charge in [0.1, 0.15) is 17.2 Å². The van der Waals surface area contributed by atoms with Gasteiger partial charge in [-0.25, -0.2) is 4.98 Å². The molecule has 0 atom stereocenters. The second-order valence-electron chi connectivity index (χ2n) is 26.8. The molecule has 0 saturated heterocycles. The first-order valence-electron chi connectivity index (χ1n) is 27.8. The maximum absolute atomic E-state index is 12.8. The van der Waals surface area contributed by atoms with E-state index in [0.717, 1.165) is 94.5 Å². The van der Waals surface area contributed by atoms with Crippen molar-refractivity contribution in [1.29, 1.82) is 0 Å². The molecule has 0 radical (unpaired) electrons. The molecule has 4 heterocycles. The molecule has 0 amide bonds. The minimum Gasteiger partial charge on any atom is -0.507 e. The van der Waals surface area contributed by atoms with Crippen molar-refractivity contribution in [1.82, 2.24) is 19.5 Å². The quantitative estimate of drug-likeness (QED) is 0.161. The monoisotopic (exact) mass is 1230 g/mol. The first-order valence-corrected chi connectivity index (χ1v) is 27.8. The van der Waals surface area contributed by atoms with E-state index in [1.165, 1.54) is 16.7 Å². The van der Waals surface area contributed by atoms with Crippen molar-refractivity contribution < 1.29 is 30.6 Å². The smallest absolute Gasteiger partial charge is 0.148 e. The number of aromatic hydroxyl groups is 1.